The van der Waals surface area contributed by atoms with E-state index >= 15 is 0 Å². The number of hydrogen-bond acceptors (Lipinski definition) is 3. The summed E-state index contributed by atoms with van der Waals surface area (Å²) in [4.78, 5) is 0. The maximum atomic E-state index is 12.7. The molecule has 2 rings (SSSR count). The second-order valence-corrected chi connectivity index (χ2v) is 7.53. The van der Waals surface area contributed by atoms with Crippen LogP contribution in [-0.2, 0) is 9.09 Å². The third-order valence-corrected chi connectivity index (χ3v) is 5.85. The highest BCUT2D eigenvalue weighted by Gasteiger charge is 2.28. The molecule has 0 aliphatic rings. The maximum absolute atomic E-state index is 12.7. The molecule has 20 heavy (non-hydrogen) atoms. The predicted molar refractivity (Wildman–Crippen MR) is 85.5 cm³/mol. The summed E-state index contributed by atoms with van der Waals surface area (Å²) < 4.78 is 23.9. The molecule has 0 saturated heterocycles. The van der Waals surface area contributed by atoms with Crippen LogP contribution in [0.1, 0.15) is 0 Å². The number of halogens is 3. The maximum Gasteiger partial charge on any atom is 0.410 e. The van der Waals surface area contributed by atoms with E-state index < -0.39 is 7.60 Å². The first-order valence-corrected chi connectivity index (χ1v) is 8.61. The Labute approximate surface area is 135 Å². The molecule has 2 aromatic rings. The van der Waals surface area contributed by atoms with Gasteiger partial charge in [0.15, 0.2) is 0 Å². The van der Waals surface area contributed by atoms with Gasteiger partial charge in [-0.15, -0.1) is 0 Å². The van der Waals surface area contributed by atoms with E-state index in [2.05, 4.69) is 15.9 Å². The lowest BCUT2D eigenvalue weighted by molar-refractivity contribution is 0.334. The van der Waals surface area contributed by atoms with E-state index in [-0.39, 0.29) is 10.8 Å². The molecule has 0 heterocycles. The van der Waals surface area contributed by atoms with Crippen LogP contribution in [0.5, 0.6) is 5.75 Å². The highest BCUT2D eigenvalue weighted by Crippen LogP contribution is 2.49. The lowest BCUT2D eigenvalue weighted by Gasteiger charge is -2.18. The summed E-state index contributed by atoms with van der Waals surface area (Å²) in [5, 5.41) is 1.13. The summed E-state index contributed by atoms with van der Waals surface area (Å²) >= 11 is 15.3. The first-order chi connectivity index (χ1) is 9.46. The molecule has 0 amide bonds. The fourth-order valence-electron chi connectivity index (χ4n) is 1.51. The minimum absolute atomic E-state index is 0.203. The van der Waals surface area contributed by atoms with Crippen molar-refractivity contribution in [3.05, 3.63) is 57.0 Å². The van der Waals surface area contributed by atoms with Crippen LogP contribution in [0.3, 0.4) is 0 Å². The Balaban J connectivity index is 2.41. The number of rotatable bonds is 4. The first-order valence-electron chi connectivity index (χ1n) is 5.52. The molecule has 0 aliphatic heterocycles. The summed E-state index contributed by atoms with van der Waals surface area (Å²) in [5.74, 6) is 0.203. The average molecular weight is 396 g/mol. The third-order valence-electron chi connectivity index (χ3n) is 2.51. The van der Waals surface area contributed by atoms with E-state index in [9.17, 15) is 4.57 Å². The van der Waals surface area contributed by atoms with E-state index in [1.165, 1.54) is 13.2 Å². The van der Waals surface area contributed by atoms with Crippen molar-refractivity contribution >= 4 is 52.0 Å². The second kappa shape index (κ2) is 6.50. The van der Waals surface area contributed by atoms with Crippen LogP contribution >= 0.6 is 46.7 Å². The van der Waals surface area contributed by atoms with E-state index in [1.807, 2.05) is 6.07 Å². The fourth-order valence-corrected chi connectivity index (χ4v) is 3.73. The summed E-state index contributed by atoms with van der Waals surface area (Å²) in [6.07, 6.45) is 0. The Bertz CT molecular complexity index is 664. The molecule has 0 spiro atoms. The van der Waals surface area contributed by atoms with Gasteiger partial charge in [-0.2, -0.15) is 0 Å². The summed E-state index contributed by atoms with van der Waals surface area (Å²) in [7, 11) is -2.17. The molecule has 0 aliphatic carbocycles. The predicted octanol–water partition coefficient (Wildman–Crippen LogP) is 5.30. The van der Waals surface area contributed by atoms with Gasteiger partial charge in [-0.3, -0.25) is 4.52 Å². The molecule has 7 heteroatoms. The normalized spacial score (nSPS) is 13.8. The smallest absolute Gasteiger partial charge is 0.410 e. The van der Waals surface area contributed by atoms with Gasteiger partial charge in [0.2, 0.25) is 0 Å². The molecule has 2 aromatic carbocycles. The van der Waals surface area contributed by atoms with Gasteiger partial charge in [-0.25, -0.2) is 4.57 Å². The Kier molecular flexibility index (Phi) is 5.16. The molecule has 0 radical (unpaired) electrons. The van der Waals surface area contributed by atoms with Gasteiger partial charge in [0.05, 0.1) is 15.3 Å². The molecule has 3 nitrogen and oxygen atoms in total. The van der Waals surface area contributed by atoms with Gasteiger partial charge < -0.3 is 4.52 Å². The van der Waals surface area contributed by atoms with Crippen molar-refractivity contribution in [3.63, 3.8) is 0 Å². The second-order valence-electron chi connectivity index (χ2n) is 3.80. The fraction of sp³-hybridized carbons (Fsp3) is 0.0769. The highest BCUT2D eigenvalue weighted by atomic mass is 79.9. The average Bonchev–Trinajstić information content (AvgIpc) is 2.45. The minimum Gasteiger partial charge on any atom is -0.420 e. The monoisotopic (exact) mass is 394 g/mol. The highest BCUT2D eigenvalue weighted by molar-refractivity contribution is 9.10. The minimum atomic E-state index is -3.49. The molecule has 0 fully saturated rings. The van der Waals surface area contributed by atoms with Crippen LogP contribution in [0.4, 0.5) is 0 Å². The Hall–Kier alpha value is -0.510. The molecule has 0 unspecified atom stereocenters. The quantitative estimate of drug-likeness (QED) is 0.520. The van der Waals surface area contributed by atoms with Gasteiger partial charge in [0, 0.05) is 17.6 Å². The Morgan fingerprint density at radius 3 is 2.35 bits per heavy atom. The van der Waals surface area contributed by atoms with Gasteiger partial charge in [-0.05, 0) is 34.1 Å². The standard InChI is InChI=1S/C13H10BrCl2O3P/c1-18-20(17,9-5-3-2-4-6-9)19-13-8-11(15)10(14)7-12(13)16/h2-8H,1H3/t20-/m1/s1. The van der Waals surface area contributed by atoms with Crippen molar-refractivity contribution in [1.82, 2.24) is 0 Å². The largest absolute Gasteiger partial charge is 0.420 e. The van der Waals surface area contributed by atoms with Gasteiger partial charge >= 0.3 is 7.60 Å². The van der Waals surface area contributed by atoms with Gasteiger partial charge in [0.25, 0.3) is 0 Å². The van der Waals surface area contributed by atoms with Crippen LogP contribution in [0.15, 0.2) is 46.9 Å². The van der Waals surface area contributed by atoms with Crippen molar-refractivity contribution < 1.29 is 13.6 Å². The summed E-state index contributed by atoms with van der Waals surface area (Å²) in [6.45, 7) is 0. The van der Waals surface area contributed by atoms with Gasteiger partial charge in [0.1, 0.15) is 5.75 Å². The molecule has 1 atom stereocenters. The molecule has 0 aromatic heterocycles. The number of hydrogen-bond donors (Lipinski definition) is 0. The van der Waals surface area contributed by atoms with Crippen molar-refractivity contribution in [2.45, 2.75) is 0 Å². The van der Waals surface area contributed by atoms with Crippen LogP contribution in [-0.4, -0.2) is 7.11 Å². The van der Waals surface area contributed by atoms with Gasteiger partial charge in [-0.1, -0.05) is 41.4 Å². The Morgan fingerprint density at radius 1 is 1.10 bits per heavy atom. The molecule has 0 bridgehead atoms. The Morgan fingerprint density at radius 2 is 1.75 bits per heavy atom. The summed E-state index contributed by atoms with van der Waals surface area (Å²) in [5.41, 5.74) is 0. The molecular formula is C13H10BrCl2O3P. The lowest BCUT2D eigenvalue weighted by atomic mass is 10.3. The topological polar surface area (TPSA) is 35.5 Å². The zero-order chi connectivity index (χ0) is 14.8. The van der Waals surface area contributed by atoms with Crippen LogP contribution in [0.2, 0.25) is 10.0 Å². The van der Waals surface area contributed by atoms with Crippen molar-refractivity contribution in [2.75, 3.05) is 7.11 Å². The van der Waals surface area contributed by atoms with Crippen molar-refractivity contribution in [2.24, 2.45) is 0 Å². The molecule has 106 valence electrons. The lowest BCUT2D eigenvalue weighted by Crippen LogP contribution is -2.10. The van der Waals surface area contributed by atoms with Crippen molar-refractivity contribution in [1.29, 1.82) is 0 Å². The van der Waals surface area contributed by atoms with Crippen molar-refractivity contribution in [3.8, 4) is 5.75 Å². The molecule has 0 N–H and O–H groups in total. The molecule has 0 saturated carbocycles. The van der Waals surface area contributed by atoms with E-state index in [0.717, 1.165) is 0 Å². The van der Waals surface area contributed by atoms with E-state index in [4.69, 9.17) is 32.2 Å². The zero-order valence-corrected chi connectivity index (χ0v) is 14.3. The zero-order valence-electron chi connectivity index (χ0n) is 10.3. The SMILES string of the molecule is CO[P@@](=O)(Oc1cc(Cl)c(Br)cc1Cl)c1ccccc1. The number of benzene rings is 2. The third kappa shape index (κ3) is 3.38. The van der Waals surface area contributed by atoms with Crippen LogP contribution in [0, 0.1) is 0 Å². The first kappa shape index (κ1) is 15.9. The van der Waals surface area contributed by atoms with E-state index in [0.29, 0.717) is 14.8 Å². The molecular weight excluding hydrogens is 386 g/mol. The van der Waals surface area contributed by atoms with E-state index in [1.54, 1.807) is 30.3 Å². The van der Waals surface area contributed by atoms with Crippen LogP contribution in [0.25, 0.3) is 0 Å². The van der Waals surface area contributed by atoms with Crippen LogP contribution < -0.4 is 9.83 Å². The summed E-state index contributed by atoms with van der Waals surface area (Å²) in [6, 6.07) is 11.7.